The summed E-state index contributed by atoms with van der Waals surface area (Å²) in [5.41, 5.74) is 3.57. The molecule has 3 aromatic rings. The molecule has 1 fully saturated rings. The molecule has 140 valence electrons. The van der Waals surface area contributed by atoms with Crippen molar-refractivity contribution in [2.45, 2.75) is 13.0 Å². The predicted molar refractivity (Wildman–Crippen MR) is 107 cm³/mol. The van der Waals surface area contributed by atoms with Crippen molar-refractivity contribution in [2.24, 2.45) is 0 Å². The van der Waals surface area contributed by atoms with Crippen LogP contribution in [0.3, 0.4) is 0 Å². The maximum absolute atomic E-state index is 12.3. The number of amides is 1. The van der Waals surface area contributed by atoms with Crippen LogP contribution in [-0.4, -0.2) is 53.6 Å². The van der Waals surface area contributed by atoms with Crippen molar-refractivity contribution in [3.05, 3.63) is 71.9 Å². The number of aromatic amines is 1. The Kier molecular flexibility index (Phi) is 5.39. The number of rotatable bonds is 5. The minimum Gasteiger partial charge on any atom is -0.445 e. The van der Waals surface area contributed by atoms with E-state index in [-0.39, 0.29) is 6.09 Å². The minimum absolute atomic E-state index is 0.213. The Hall–Kier alpha value is -2.79. The largest absolute Gasteiger partial charge is 0.445 e. The van der Waals surface area contributed by atoms with Crippen molar-refractivity contribution < 1.29 is 9.53 Å². The number of aromatic nitrogens is 1. The summed E-state index contributed by atoms with van der Waals surface area (Å²) >= 11 is 0. The quantitative estimate of drug-likeness (QED) is 0.752. The lowest BCUT2D eigenvalue weighted by molar-refractivity contribution is 0.0719. The van der Waals surface area contributed by atoms with Gasteiger partial charge in [-0.05, 0) is 23.6 Å². The summed E-state index contributed by atoms with van der Waals surface area (Å²) in [5.74, 6) is 0. The highest BCUT2D eigenvalue weighted by Crippen LogP contribution is 2.18. The zero-order valence-corrected chi connectivity index (χ0v) is 15.4. The van der Waals surface area contributed by atoms with Gasteiger partial charge in [0, 0.05) is 49.8 Å². The van der Waals surface area contributed by atoms with Crippen LogP contribution >= 0.6 is 0 Å². The predicted octanol–water partition coefficient (Wildman–Crippen LogP) is 3.66. The summed E-state index contributed by atoms with van der Waals surface area (Å²) < 4.78 is 5.43. The number of nitrogens with zero attached hydrogens (tertiary/aromatic N) is 2. The number of carbonyl (C=O) groups excluding carboxylic acids is 1. The molecular weight excluding hydrogens is 338 g/mol. The number of ether oxygens (including phenoxy) is 1. The molecule has 1 saturated heterocycles. The molecule has 0 atom stereocenters. The van der Waals surface area contributed by atoms with Crippen LogP contribution < -0.4 is 0 Å². The van der Waals surface area contributed by atoms with E-state index in [1.54, 1.807) is 0 Å². The highest BCUT2D eigenvalue weighted by molar-refractivity contribution is 5.83. The molecule has 1 aromatic heterocycles. The molecule has 5 heteroatoms. The third-order valence-electron chi connectivity index (χ3n) is 5.21. The van der Waals surface area contributed by atoms with Crippen LogP contribution in [0.25, 0.3) is 10.9 Å². The Labute approximate surface area is 159 Å². The van der Waals surface area contributed by atoms with E-state index in [1.165, 1.54) is 16.5 Å². The Bertz CT molecular complexity index is 883. The zero-order valence-electron chi connectivity index (χ0n) is 15.4. The van der Waals surface area contributed by atoms with Gasteiger partial charge in [0.1, 0.15) is 6.61 Å². The van der Waals surface area contributed by atoms with E-state index in [2.05, 4.69) is 40.3 Å². The SMILES string of the molecule is O=C(OCc1ccccc1)N1CCN(CCc2c[nH]c3ccccc23)CC1. The molecule has 1 amide bonds. The van der Waals surface area contributed by atoms with Crippen molar-refractivity contribution in [3.63, 3.8) is 0 Å². The highest BCUT2D eigenvalue weighted by atomic mass is 16.6. The molecule has 27 heavy (non-hydrogen) atoms. The Morgan fingerprint density at radius 1 is 0.963 bits per heavy atom. The summed E-state index contributed by atoms with van der Waals surface area (Å²) in [5, 5.41) is 1.31. The average molecular weight is 363 g/mol. The molecule has 1 N–H and O–H groups in total. The second-order valence-electron chi connectivity index (χ2n) is 6.98. The number of nitrogens with one attached hydrogen (secondary N) is 1. The maximum atomic E-state index is 12.3. The number of hydrogen-bond acceptors (Lipinski definition) is 3. The van der Waals surface area contributed by atoms with Gasteiger partial charge in [0.25, 0.3) is 0 Å². The zero-order chi connectivity index (χ0) is 18.5. The Morgan fingerprint density at radius 2 is 1.70 bits per heavy atom. The number of para-hydroxylation sites is 1. The average Bonchev–Trinajstić information content (AvgIpc) is 3.15. The molecule has 0 bridgehead atoms. The number of carbonyl (C=O) groups is 1. The van der Waals surface area contributed by atoms with E-state index in [1.807, 2.05) is 35.2 Å². The molecule has 0 radical (unpaired) electrons. The number of fused-ring (bicyclic) bond motifs is 1. The van der Waals surface area contributed by atoms with E-state index in [9.17, 15) is 4.79 Å². The van der Waals surface area contributed by atoms with Gasteiger partial charge in [-0.15, -0.1) is 0 Å². The van der Waals surface area contributed by atoms with Gasteiger partial charge < -0.3 is 14.6 Å². The Morgan fingerprint density at radius 3 is 2.52 bits per heavy atom. The fourth-order valence-electron chi connectivity index (χ4n) is 3.58. The topological polar surface area (TPSA) is 48.6 Å². The molecule has 4 rings (SSSR count). The first-order valence-corrected chi connectivity index (χ1v) is 9.52. The molecule has 0 spiro atoms. The van der Waals surface area contributed by atoms with Crippen molar-refractivity contribution >= 4 is 17.0 Å². The number of H-pyrrole nitrogens is 1. The van der Waals surface area contributed by atoms with Gasteiger partial charge in [0.05, 0.1) is 0 Å². The van der Waals surface area contributed by atoms with E-state index in [0.717, 1.165) is 44.7 Å². The van der Waals surface area contributed by atoms with E-state index < -0.39 is 0 Å². The molecule has 1 aliphatic rings. The molecule has 2 aromatic carbocycles. The monoisotopic (exact) mass is 363 g/mol. The lowest BCUT2D eigenvalue weighted by Crippen LogP contribution is -2.49. The van der Waals surface area contributed by atoms with Crippen molar-refractivity contribution in [3.8, 4) is 0 Å². The van der Waals surface area contributed by atoms with E-state index in [4.69, 9.17) is 4.74 Å². The van der Waals surface area contributed by atoms with Crippen LogP contribution in [0.2, 0.25) is 0 Å². The van der Waals surface area contributed by atoms with Gasteiger partial charge in [-0.2, -0.15) is 0 Å². The summed E-state index contributed by atoms with van der Waals surface area (Å²) in [4.78, 5) is 19.8. The second-order valence-corrected chi connectivity index (χ2v) is 6.98. The van der Waals surface area contributed by atoms with Gasteiger partial charge in [-0.25, -0.2) is 4.79 Å². The fraction of sp³-hybridized carbons (Fsp3) is 0.318. The summed E-state index contributed by atoms with van der Waals surface area (Å²) in [7, 11) is 0. The first-order chi connectivity index (χ1) is 13.3. The van der Waals surface area contributed by atoms with Crippen molar-refractivity contribution in [2.75, 3.05) is 32.7 Å². The summed E-state index contributed by atoms with van der Waals surface area (Å²) in [6.45, 7) is 4.57. The van der Waals surface area contributed by atoms with Crippen LogP contribution in [0.15, 0.2) is 60.8 Å². The first kappa shape index (κ1) is 17.6. The van der Waals surface area contributed by atoms with Crippen LogP contribution in [0.1, 0.15) is 11.1 Å². The second kappa shape index (κ2) is 8.27. The van der Waals surface area contributed by atoms with Crippen LogP contribution in [-0.2, 0) is 17.8 Å². The van der Waals surface area contributed by atoms with Gasteiger partial charge >= 0.3 is 6.09 Å². The standard InChI is InChI=1S/C22H25N3O2/c26-22(27-17-18-6-2-1-3-7-18)25-14-12-24(13-15-25)11-10-19-16-23-21-9-5-4-8-20(19)21/h1-9,16,23H,10-15,17H2. The maximum Gasteiger partial charge on any atom is 0.410 e. The molecule has 5 nitrogen and oxygen atoms in total. The lowest BCUT2D eigenvalue weighted by atomic mass is 10.1. The van der Waals surface area contributed by atoms with Crippen LogP contribution in [0.4, 0.5) is 4.79 Å². The third-order valence-corrected chi connectivity index (χ3v) is 5.21. The lowest BCUT2D eigenvalue weighted by Gasteiger charge is -2.34. The van der Waals surface area contributed by atoms with Crippen molar-refractivity contribution in [1.29, 1.82) is 0 Å². The number of piperazine rings is 1. The van der Waals surface area contributed by atoms with E-state index in [0.29, 0.717) is 6.61 Å². The normalized spacial score (nSPS) is 15.2. The van der Waals surface area contributed by atoms with Crippen molar-refractivity contribution in [1.82, 2.24) is 14.8 Å². The molecule has 0 unspecified atom stereocenters. The third kappa shape index (κ3) is 4.31. The van der Waals surface area contributed by atoms with Gasteiger partial charge in [0.15, 0.2) is 0 Å². The molecule has 1 aliphatic heterocycles. The minimum atomic E-state index is -0.213. The van der Waals surface area contributed by atoms with E-state index >= 15 is 0 Å². The number of benzene rings is 2. The van der Waals surface area contributed by atoms with Crippen LogP contribution in [0, 0.1) is 0 Å². The molecular formula is C22H25N3O2. The first-order valence-electron chi connectivity index (χ1n) is 9.52. The Balaban J connectivity index is 1.22. The van der Waals surface area contributed by atoms with Crippen LogP contribution in [0.5, 0.6) is 0 Å². The molecule has 0 saturated carbocycles. The smallest absolute Gasteiger partial charge is 0.410 e. The molecule has 2 heterocycles. The fourth-order valence-corrected chi connectivity index (χ4v) is 3.58. The van der Waals surface area contributed by atoms with Gasteiger partial charge in [-0.3, -0.25) is 4.90 Å². The van der Waals surface area contributed by atoms with Gasteiger partial charge in [-0.1, -0.05) is 48.5 Å². The number of hydrogen-bond donors (Lipinski definition) is 1. The highest BCUT2D eigenvalue weighted by Gasteiger charge is 2.22. The van der Waals surface area contributed by atoms with Gasteiger partial charge in [0.2, 0.25) is 0 Å². The summed E-state index contributed by atoms with van der Waals surface area (Å²) in [6, 6.07) is 18.2. The molecule has 0 aliphatic carbocycles. The summed E-state index contributed by atoms with van der Waals surface area (Å²) in [6.07, 6.45) is 2.92.